The fourth-order valence-corrected chi connectivity index (χ4v) is 3.73. The number of anilines is 2. The van der Waals surface area contributed by atoms with Crippen LogP contribution in [0.4, 0.5) is 11.4 Å². The number of rotatable bonds is 1. The first-order chi connectivity index (χ1) is 11.9. The molecule has 0 aromatic heterocycles. The van der Waals surface area contributed by atoms with Crippen LogP contribution in [-0.4, -0.2) is 23.4 Å². The molecule has 0 radical (unpaired) electrons. The molecule has 7 heteroatoms. The number of carbonyl (C=O) groups is 4. The van der Waals surface area contributed by atoms with Crippen LogP contribution in [-0.2, 0) is 9.59 Å². The van der Waals surface area contributed by atoms with E-state index in [0.29, 0.717) is 0 Å². The van der Waals surface area contributed by atoms with Crippen molar-refractivity contribution < 1.29 is 19.2 Å². The number of hydrogen-bond acceptors (Lipinski definition) is 5. The third kappa shape index (κ3) is 2.02. The summed E-state index contributed by atoms with van der Waals surface area (Å²) >= 11 is 3.26. The lowest BCUT2D eigenvalue weighted by Gasteiger charge is -2.26. The van der Waals surface area contributed by atoms with Gasteiger partial charge < -0.3 is 5.73 Å². The molecule has 1 aliphatic heterocycles. The van der Waals surface area contributed by atoms with Gasteiger partial charge in [0.05, 0.1) is 16.8 Å². The Hall–Kier alpha value is -3.06. The lowest BCUT2D eigenvalue weighted by molar-refractivity contribution is -0.120. The molecule has 0 unspecified atom stereocenters. The highest BCUT2D eigenvalue weighted by atomic mass is 79.9. The van der Waals surface area contributed by atoms with E-state index >= 15 is 0 Å². The monoisotopic (exact) mass is 396 g/mol. The largest absolute Gasteiger partial charge is 0.398 e. The Morgan fingerprint density at radius 1 is 0.840 bits per heavy atom. The van der Waals surface area contributed by atoms with E-state index in [2.05, 4.69) is 15.9 Å². The predicted molar refractivity (Wildman–Crippen MR) is 93.5 cm³/mol. The molecular formula is C18H9BrN2O4. The topological polar surface area (TPSA) is 97.5 Å². The molecule has 0 saturated carbocycles. The van der Waals surface area contributed by atoms with E-state index < -0.39 is 23.4 Å². The van der Waals surface area contributed by atoms with Crippen LogP contribution in [0.1, 0.15) is 31.8 Å². The number of ketones is 2. The van der Waals surface area contributed by atoms with E-state index in [1.54, 1.807) is 18.2 Å². The molecule has 0 atom stereocenters. The summed E-state index contributed by atoms with van der Waals surface area (Å²) in [6.07, 6.45) is 2.22. The summed E-state index contributed by atoms with van der Waals surface area (Å²) in [7, 11) is 0. The molecule has 2 amide bonds. The second-order valence-electron chi connectivity index (χ2n) is 5.60. The van der Waals surface area contributed by atoms with Crippen LogP contribution >= 0.6 is 15.9 Å². The molecule has 0 fully saturated rings. The van der Waals surface area contributed by atoms with Gasteiger partial charge in [-0.1, -0.05) is 24.3 Å². The molecule has 4 rings (SSSR count). The molecule has 2 aliphatic rings. The Labute approximate surface area is 150 Å². The highest BCUT2D eigenvalue weighted by molar-refractivity contribution is 9.10. The van der Waals surface area contributed by atoms with Gasteiger partial charge in [-0.15, -0.1) is 0 Å². The molecular weight excluding hydrogens is 388 g/mol. The Morgan fingerprint density at radius 3 is 1.92 bits per heavy atom. The Bertz CT molecular complexity index is 1040. The van der Waals surface area contributed by atoms with Crippen molar-refractivity contribution in [3.8, 4) is 0 Å². The second-order valence-corrected chi connectivity index (χ2v) is 6.45. The number of nitrogen functional groups attached to an aromatic ring is 1. The molecule has 0 bridgehead atoms. The second kappa shape index (κ2) is 5.22. The summed E-state index contributed by atoms with van der Waals surface area (Å²) in [4.78, 5) is 51.0. The Kier molecular flexibility index (Phi) is 3.23. The number of nitrogens with zero attached hydrogens (tertiary/aromatic N) is 1. The molecule has 2 N–H and O–H groups in total. The Balaban J connectivity index is 2.07. The van der Waals surface area contributed by atoms with Gasteiger partial charge in [-0.25, -0.2) is 4.90 Å². The fraction of sp³-hybridized carbons (Fsp3) is 0. The molecule has 0 spiro atoms. The molecule has 2 aromatic rings. The number of hydrogen-bond donors (Lipinski definition) is 1. The van der Waals surface area contributed by atoms with Gasteiger partial charge in [0.2, 0.25) is 0 Å². The van der Waals surface area contributed by atoms with Gasteiger partial charge in [-0.3, -0.25) is 19.2 Å². The first-order valence-electron chi connectivity index (χ1n) is 7.28. The Morgan fingerprint density at radius 2 is 1.36 bits per heavy atom. The predicted octanol–water partition coefficient (Wildman–Crippen LogP) is 2.24. The molecule has 6 nitrogen and oxygen atoms in total. The zero-order valence-electron chi connectivity index (χ0n) is 12.6. The van der Waals surface area contributed by atoms with Crippen LogP contribution in [0.25, 0.3) is 0 Å². The number of amides is 2. The summed E-state index contributed by atoms with van der Waals surface area (Å²) in [5.41, 5.74) is 6.55. The maximum atomic E-state index is 13.1. The van der Waals surface area contributed by atoms with Crippen molar-refractivity contribution in [2.75, 3.05) is 10.6 Å². The van der Waals surface area contributed by atoms with Crippen LogP contribution in [0.2, 0.25) is 0 Å². The van der Waals surface area contributed by atoms with Crippen LogP contribution in [0.5, 0.6) is 0 Å². The van der Waals surface area contributed by atoms with E-state index in [4.69, 9.17) is 5.73 Å². The van der Waals surface area contributed by atoms with E-state index in [-0.39, 0.29) is 38.1 Å². The van der Waals surface area contributed by atoms with Gasteiger partial charge in [-0.05, 0) is 22.0 Å². The van der Waals surface area contributed by atoms with Gasteiger partial charge in [-0.2, -0.15) is 0 Å². The molecule has 122 valence electrons. The molecule has 1 aliphatic carbocycles. The number of fused-ring (bicyclic) bond motifs is 2. The number of nitrogens with two attached hydrogens (primary N) is 1. The molecule has 25 heavy (non-hydrogen) atoms. The number of carbonyl (C=O) groups excluding carboxylic acids is 4. The number of benzene rings is 2. The quantitative estimate of drug-likeness (QED) is 0.502. The van der Waals surface area contributed by atoms with Crippen LogP contribution in [0, 0.1) is 0 Å². The lowest BCUT2D eigenvalue weighted by atomic mass is 9.82. The molecule has 2 aromatic carbocycles. The van der Waals surface area contributed by atoms with Gasteiger partial charge in [0.1, 0.15) is 0 Å². The summed E-state index contributed by atoms with van der Waals surface area (Å²) in [6.45, 7) is 0. The van der Waals surface area contributed by atoms with Gasteiger partial charge in [0.15, 0.2) is 11.6 Å². The van der Waals surface area contributed by atoms with Crippen molar-refractivity contribution in [2.45, 2.75) is 0 Å². The fourth-order valence-electron chi connectivity index (χ4n) is 3.11. The third-order valence-electron chi connectivity index (χ3n) is 4.19. The minimum absolute atomic E-state index is 0.00870. The van der Waals surface area contributed by atoms with Crippen molar-refractivity contribution in [2.24, 2.45) is 0 Å². The maximum absolute atomic E-state index is 13.1. The van der Waals surface area contributed by atoms with Crippen LogP contribution in [0.3, 0.4) is 0 Å². The van der Waals surface area contributed by atoms with Crippen molar-refractivity contribution in [1.29, 1.82) is 0 Å². The van der Waals surface area contributed by atoms with E-state index in [1.807, 2.05) is 0 Å². The van der Waals surface area contributed by atoms with Crippen LogP contribution in [0.15, 0.2) is 47.0 Å². The standard InChI is InChI=1S/C18H9BrN2O4/c19-10-7-11(20)14-15(16(10)21-12(22)5-6-13(21)23)18(25)9-4-2-1-3-8(9)17(14)24/h1-7H,20H2. The van der Waals surface area contributed by atoms with Gasteiger partial charge in [0.25, 0.3) is 11.8 Å². The smallest absolute Gasteiger partial charge is 0.258 e. The van der Waals surface area contributed by atoms with Gasteiger partial charge >= 0.3 is 0 Å². The van der Waals surface area contributed by atoms with Crippen LogP contribution < -0.4 is 10.6 Å². The minimum atomic E-state index is -0.586. The lowest BCUT2D eigenvalue weighted by Crippen LogP contribution is -2.34. The van der Waals surface area contributed by atoms with Gasteiger partial charge in [0, 0.05) is 33.4 Å². The summed E-state index contributed by atoms with van der Waals surface area (Å²) in [6, 6.07) is 7.80. The summed E-state index contributed by atoms with van der Waals surface area (Å²) in [5, 5.41) is 0. The zero-order valence-corrected chi connectivity index (χ0v) is 14.2. The third-order valence-corrected chi connectivity index (χ3v) is 4.79. The maximum Gasteiger partial charge on any atom is 0.258 e. The average Bonchev–Trinajstić information content (AvgIpc) is 2.91. The average molecular weight is 397 g/mol. The van der Waals surface area contributed by atoms with Crippen molar-refractivity contribution in [1.82, 2.24) is 0 Å². The zero-order chi connectivity index (χ0) is 17.9. The minimum Gasteiger partial charge on any atom is -0.398 e. The summed E-state index contributed by atoms with van der Waals surface area (Å²) < 4.78 is 0.287. The number of imide groups is 1. The van der Waals surface area contributed by atoms with Crippen molar-refractivity contribution in [3.05, 3.63) is 69.2 Å². The van der Waals surface area contributed by atoms with E-state index in [0.717, 1.165) is 17.1 Å². The first-order valence-corrected chi connectivity index (χ1v) is 8.07. The number of halogens is 1. The highest BCUT2D eigenvalue weighted by Crippen LogP contribution is 2.42. The van der Waals surface area contributed by atoms with E-state index in [1.165, 1.54) is 12.1 Å². The highest BCUT2D eigenvalue weighted by Gasteiger charge is 2.39. The van der Waals surface area contributed by atoms with E-state index in [9.17, 15) is 19.2 Å². The van der Waals surface area contributed by atoms with Crippen molar-refractivity contribution in [3.63, 3.8) is 0 Å². The first kappa shape index (κ1) is 15.5. The molecule has 0 saturated heterocycles. The summed E-state index contributed by atoms with van der Waals surface area (Å²) in [5.74, 6) is -2.04. The SMILES string of the molecule is Nc1cc(Br)c(N2C(=O)C=CC2=O)c2c1C(=O)c1ccccc1C2=O. The normalized spacial score (nSPS) is 15.6. The van der Waals surface area contributed by atoms with Crippen molar-refractivity contribution >= 4 is 50.7 Å². The molecule has 1 heterocycles.